The highest BCUT2D eigenvalue weighted by atomic mass is 35.5. The lowest BCUT2D eigenvalue weighted by Crippen LogP contribution is -2.15. The van der Waals surface area contributed by atoms with Gasteiger partial charge in [0.05, 0.1) is 0 Å². The molecule has 0 heterocycles. The van der Waals surface area contributed by atoms with E-state index in [1.165, 1.54) is 6.20 Å². The number of halogens is 1. The van der Waals surface area contributed by atoms with Crippen LogP contribution < -0.4 is 10.6 Å². The molecular formula is C21H16ClN3O2. The number of rotatable bonds is 4. The summed E-state index contributed by atoms with van der Waals surface area (Å²) in [5, 5.41) is 26.9. The molecule has 0 unspecified atom stereocenters. The summed E-state index contributed by atoms with van der Waals surface area (Å²) < 4.78 is 0. The van der Waals surface area contributed by atoms with Gasteiger partial charge in [0.1, 0.15) is 17.4 Å². The fourth-order valence-corrected chi connectivity index (χ4v) is 2.82. The number of phenolic OH excluding ortho intramolecular Hbond substituents is 1. The number of aromatic hydroxyl groups is 1. The molecule has 0 spiro atoms. The molecule has 6 heteroatoms. The van der Waals surface area contributed by atoms with Crippen molar-refractivity contribution >= 4 is 39.7 Å². The monoisotopic (exact) mass is 377 g/mol. The van der Waals surface area contributed by atoms with Crippen LogP contribution in [-0.2, 0) is 4.79 Å². The van der Waals surface area contributed by atoms with Crippen molar-refractivity contribution in [3.05, 3.63) is 77.0 Å². The number of benzene rings is 3. The van der Waals surface area contributed by atoms with Crippen LogP contribution in [0.5, 0.6) is 5.75 Å². The van der Waals surface area contributed by atoms with Crippen molar-refractivity contribution in [3.63, 3.8) is 0 Å². The van der Waals surface area contributed by atoms with Gasteiger partial charge in [-0.1, -0.05) is 41.9 Å². The average molecular weight is 378 g/mol. The van der Waals surface area contributed by atoms with Crippen molar-refractivity contribution in [1.82, 2.24) is 0 Å². The van der Waals surface area contributed by atoms with E-state index in [2.05, 4.69) is 10.6 Å². The van der Waals surface area contributed by atoms with Crippen LogP contribution in [0, 0.1) is 18.3 Å². The van der Waals surface area contributed by atoms with Crippen LogP contribution in [0.4, 0.5) is 11.4 Å². The van der Waals surface area contributed by atoms with Crippen LogP contribution in [-0.4, -0.2) is 11.0 Å². The molecule has 0 aliphatic carbocycles. The maximum atomic E-state index is 12.4. The third-order valence-electron chi connectivity index (χ3n) is 4.15. The van der Waals surface area contributed by atoms with E-state index in [-0.39, 0.29) is 11.3 Å². The first-order chi connectivity index (χ1) is 13.0. The maximum Gasteiger partial charge on any atom is 0.267 e. The molecule has 0 aromatic heterocycles. The largest absolute Gasteiger partial charge is 0.507 e. The predicted octanol–water partition coefficient (Wildman–Crippen LogP) is 4.97. The highest BCUT2D eigenvalue weighted by Crippen LogP contribution is 2.30. The number of hydrogen-bond acceptors (Lipinski definition) is 4. The van der Waals surface area contributed by atoms with Gasteiger partial charge in [0.2, 0.25) is 0 Å². The lowest BCUT2D eigenvalue weighted by molar-refractivity contribution is -0.112. The summed E-state index contributed by atoms with van der Waals surface area (Å²) in [5.74, 6) is -0.381. The molecule has 5 nitrogen and oxygen atoms in total. The Kier molecular flexibility index (Phi) is 5.30. The van der Waals surface area contributed by atoms with Gasteiger partial charge in [-0.05, 0) is 36.8 Å². The first kappa shape index (κ1) is 18.3. The third kappa shape index (κ3) is 3.86. The van der Waals surface area contributed by atoms with Crippen molar-refractivity contribution in [3.8, 4) is 11.8 Å². The Morgan fingerprint density at radius 2 is 1.74 bits per heavy atom. The Labute approximate surface area is 161 Å². The van der Waals surface area contributed by atoms with Gasteiger partial charge in [0.15, 0.2) is 0 Å². The Morgan fingerprint density at radius 3 is 2.52 bits per heavy atom. The van der Waals surface area contributed by atoms with Crippen LogP contribution in [0.1, 0.15) is 5.56 Å². The van der Waals surface area contributed by atoms with E-state index in [0.29, 0.717) is 21.8 Å². The van der Waals surface area contributed by atoms with Crippen molar-refractivity contribution in [1.29, 1.82) is 5.26 Å². The minimum atomic E-state index is -0.543. The topological polar surface area (TPSA) is 85.2 Å². The van der Waals surface area contributed by atoms with Gasteiger partial charge in [0, 0.05) is 33.4 Å². The molecule has 27 heavy (non-hydrogen) atoms. The summed E-state index contributed by atoms with van der Waals surface area (Å²) in [4.78, 5) is 12.4. The van der Waals surface area contributed by atoms with Crippen molar-refractivity contribution in [2.45, 2.75) is 6.92 Å². The van der Waals surface area contributed by atoms with Gasteiger partial charge in [-0.3, -0.25) is 4.79 Å². The molecule has 0 aliphatic rings. The number of amides is 1. The van der Waals surface area contributed by atoms with Crippen LogP contribution >= 0.6 is 11.6 Å². The first-order valence-electron chi connectivity index (χ1n) is 8.15. The molecule has 0 bridgehead atoms. The first-order valence-corrected chi connectivity index (χ1v) is 8.53. The number of carbonyl (C=O) groups is 1. The minimum Gasteiger partial charge on any atom is -0.507 e. The minimum absolute atomic E-state index is 0.0912. The van der Waals surface area contributed by atoms with Gasteiger partial charge < -0.3 is 15.7 Å². The molecule has 0 atom stereocenters. The summed E-state index contributed by atoms with van der Waals surface area (Å²) in [6.45, 7) is 1.79. The van der Waals surface area contributed by atoms with Crippen molar-refractivity contribution in [2.75, 3.05) is 10.6 Å². The zero-order valence-corrected chi connectivity index (χ0v) is 15.2. The number of nitrogens with zero attached hydrogens (tertiary/aromatic N) is 1. The molecule has 134 valence electrons. The summed E-state index contributed by atoms with van der Waals surface area (Å²) >= 11 is 6.06. The van der Waals surface area contributed by atoms with E-state index in [1.807, 2.05) is 12.1 Å². The molecule has 3 aromatic carbocycles. The number of phenols is 1. The normalized spacial score (nSPS) is 11.1. The highest BCUT2D eigenvalue weighted by molar-refractivity contribution is 6.31. The van der Waals surface area contributed by atoms with Crippen LogP contribution in [0.2, 0.25) is 5.02 Å². The molecular weight excluding hydrogens is 362 g/mol. The lowest BCUT2D eigenvalue weighted by atomic mass is 10.1. The molecule has 0 saturated carbocycles. The van der Waals surface area contributed by atoms with E-state index >= 15 is 0 Å². The molecule has 3 aromatic rings. The number of anilines is 2. The second-order valence-electron chi connectivity index (χ2n) is 5.86. The standard InChI is InChI=1S/C21H16ClN3O2/c1-13-17(22)7-4-8-18(13)25-21(27)14(11-23)12-24-19-9-2-6-16-15(19)5-3-10-20(16)26/h2-10,12,24,26H,1H3,(H,25,27)/b14-12-. The predicted molar refractivity (Wildman–Crippen MR) is 108 cm³/mol. The average Bonchev–Trinajstić information content (AvgIpc) is 2.66. The van der Waals surface area contributed by atoms with E-state index in [1.54, 1.807) is 55.5 Å². The summed E-state index contributed by atoms with van der Waals surface area (Å²) in [5.41, 5.74) is 1.85. The van der Waals surface area contributed by atoms with Crippen molar-refractivity contribution in [2.24, 2.45) is 0 Å². The zero-order valence-electron chi connectivity index (χ0n) is 14.5. The smallest absolute Gasteiger partial charge is 0.267 e. The van der Waals surface area contributed by atoms with Gasteiger partial charge in [-0.15, -0.1) is 0 Å². The quantitative estimate of drug-likeness (QED) is 0.443. The van der Waals surface area contributed by atoms with Gasteiger partial charge >= 0.3 is 0 Å². The Hall–Kier alpha value is -3.49. The number of carbonyl (C=O) groups excluding carboxylic acids is 1. The summed E-state index contributed by atoms with van der Waals surface area (Å²) in [6.07, 6.45) is 1.34. The number of nitrogens with one attached hydrogen (secondary N) is 2. The second kappa shape index (κ2) is 7.81. The van der Waals surface area contributed by atoms with Crippen LogP contribution in [0.3, 0.4) is 0 Å². The number of nitriles is 1. The zero-order chi connectivity index (χ0) is 19.4. The molecule has 0 radical (unpaired) electrons. The molecule has 0 saturated heterocycles. The molecule has 0 aliphatic heterocycles. The molecule has 3 rings (SSSR count). The SMILES string of the molecule is Cc1c(Cl)cccc1NC(=O)/C(C#N)=C\Nc1cccc2c(O)cccc12. The number of fused-ring (bicyclic) bond motifs is 1. The van der Waals surface area contributed by atoms with Crippen LogP contribution in [0.25, 0.3) is 10.8 Å². The van der Waals surface area contributed by atoms with E-state index < -0.39 is 5.91 Å². The Balaban J connectivity index is 1.85. The fourth-order valence-electron chi connectivity index (χ4n) is 2.65. The van der Waals surface area contributed by atoms with E-state index in [4.69, 9.17) is 11.6 Å². The van der Waals surface area contributed by atoms with Crippen molar-refractivity contribution < 1.29 is 9.90 Å². The highest BCUT2D eigenvalue weighted by Gasteiger charge is 2.12. The fraction of sp³-hybridized carbons (Fsp3) is 0.0476. The summed E-state index contributed by atoms with van der Waals surface area (Å²) in [7, 11) is 0. The maximum absolute atomic E-state index is 12.4. The Bertz CT molecular complexity index is 1100. The molecule has 1 amide bonds. The third-order valence-corrected chi connectivity index (χ3v) is 4.56. The lowest BCUT2D eigenvalue weighted by Gasteiger charge is -2.10. The molecule has 0 fully saturated rings. The van der Waals surface area contributed by atoms with Gasteiger partial charge in [-0.2, -0.15) is 5.26 Å². The Morgan fingerprint density at radius 1 is 1.07 bits per heavy atom. The van der Waals surface area contributed by atoms with E-state index in [9.17, 15) is 15.2 Å². The summed E-state index contributed by atoms with van der Waals surface area (Å²) in [6, 6.07) is 17.6. The van der Waals surface area contributed by atoms with Gasteiger partial charge in [0.25, 0.3) is 5.91 Å². The van der Waals surface area contributed by atoms with E-state index in [0.717, 1.165) is 10.9 Å². The van der Waals surface area contributed by atoms with Crippen LogP contribution in [0.15, 0.2) is 66.4 Å². The molecule has 3 N–H and O–H groups in total. The second-order valence-corrected chi connectivity index (χ2v) is 6.27. The number of hydrogen-bond donors (Lipinski definition) is 3. The van der Waals surface area contributed by atoms with Gasteiger partial charge in [-0.25, -0.2) is 0 Å².